The van der Waals surface area contributed by atoms with Gasteiger partial charge in [0.2, 0.25) is 11.9 Å². The molecule has 0 radical (unpaired) electrons. The number of pyridine rings is 2. The van der Waals surface area contributed by atoms with E-state index in [0.29, 0.717) is 42.2 Å². The summed E-state index contributed by atoms with van der Waals surface area (Å²) in [6, 6.07) is 4.50. The van der Waals surface area contributed by atoms with Crippen molar-refractivity contribution in [3.05, 3.63) is 36.5 Å². The highest BCUT2D eigenvalue weighted by molar-refractivity contribution is 7.92. The average Bonchev–Trinajstić information content (AvgIpc) is 3.18. The van der Waals surface area contributed by atoms with Crippen molar-refractivity contribution >= 4 is 27.2 Å². The first-order valence-corrected chi connectivity index (χ1v) is 12.5. The summed E-state index contributed by atoms with van der Waals surface area (Å²) in [6.45, 7) is 5.96. The Hall–Kier alpha value is -3.21. The minimum absolute atomic E-state index is 0.00751. The van der Waals surface area contributed by atoms with Gasteiger partial charge in [-0.1, -0.05) is 0 Å². The van der Waals surface area contributed by atoms with Gasteiger partial charge in [0.25, 0.3) is 0 Å². The van der Waals surface area contributed by atoms with E-state index in [1.54, 1.807) is 43.5 Å². The normalized spacial score (nSPS) is 17.0. The molecule has 1 amide bonds. The predicted octanol–water partition coefficient (Wildman–Crippen LogP) is 3.05. The predicted molar refractivity (Wildman–Crippen MR) is 126 cm³/mol. The summed E-state index contributed by atoms with van der Waals surface area (Å²) < 4.78 is 46.7. The van der Waals surface area contributed by atoms with Gasteiger partial charge in [0, 0.05) is 43.4 Å². The fourth-order valence-corrected chi connectivity index (χ4v) is 5.21. The average molecular weight is 490 g/mol. The van der Waals surface area contributed by atoms with Crippen molar-refractivity contribution < 1.29 is 22.3 Å². The van der Waals surface area contributed by atoms with Crippen LogP contribution in [0.2, 0.25) is 0 Å². The number of fused-ring (bicyclic) bond motifs is 1. The number of sulfone groups is 1. The maximum atomic E-state index is 14.4. The Labute approximate surface area is 197 Å². The molecule has 3 aromatic heterocycles. The number of amides is 1. The van der Waals surface area contributed by atoms with Crippen molar-refractivity contribution in [3.8, 4) is 17.0 Å². The van der Waals surface area contributed by atoms with Crippen molar-refractivity contribution in [2.75, 3.05) is 25.5 Å². The van der Waals surface area contributed by atoms with Crippen LogP contribution in [0.3, 0.4) is 0 Å². The molecule has 4 rings (SSSR count). The first-order chi connectivity index (χ1) is 16.0. The third-order valence-electron chi connectivity index (χ3n) is 5.90. The van der Waals surface area contributed by atoms with Crippen molar-refractivity contribution in [2.24, 2.45) is 5.92 Å². The monoisotopic (exact) mass is 489 g/mol. The van der Waals surface area contributed by atoms with E-state index in [9.17, 15) is 17.6 Å². The van der Waals surface area contributed by atoms with E-state index in [-0.39, 0.29) is 22.5 Å². The number of rotatable bonds is 6. The number of methoxy groups -OCH3 is 1. The maximum Gasteiger partial charge on any atom is 0.220 e. The molecule has 0 aliphatic carbocycles. The van der Waals surface area contributed by atoms with Gasteiger partial charge in [-0.15, -0.1) is 0 Å². The smallest absolute Gasteiger partial charge is 0.220 e. The Morgan fingerprint density at radius 3 is 2.74 bits per heavy atom. The maximum absolute atomic E-state index is 14.4. The Morgan fingerprint density at radius 2 is 2.06 bits per heavy atom. The molecule has 11 heteroatoms. The Balaban J connectivity index is 1.72. The van der Waals surface area contributed by atoms with E-state index in [1.165, 1.54) is 19.4 Å². The minimum Gasteiger partial charge on any atom is -0.495 e. The fourth-order valence-electron chi connectivity index (χ4n) is 3.90. The first-order valence-electron chi connectivity index (χ1n) is 11.0. The number of ether oxygens (including phenoxy) is 1. The molecule has 3 aromatic rings. The molecule has 1 saturated heterocycles. The van der Waals surface area contributed by atoms with E-state index >= 15 is 0 Å². The molecule has 4 heterocycles. The van der Waals surface area contributed by atoms with Crippen molar-refractivity contribution in [1.29, 1.82) is 0 Å². The number of halogens is 1. The summed E-state index contributed by atoms with van der Waals surface area (Å²) in [4.78, 5) is 19.9. The molecule has 1 atom stereocenters. The topological polar surface area (TPSA) is 115 Å². The van der Waals surface area contributed by atoms with Gasteiger partial charge in [0.15, 0.2) is 9.84 Å². The van der Waals surface area contributed by atoms with Gasteiger partial charge in [-0.2, -0.15) is 4.39 Å². The number of nitrogens with zero attached hydrogens (tertiary/aromatic N) is 3. The second-order valence-electron chi connectivity index (χ2n) is 9.35. The zero-order chi connectivity index (χ0) is 24.7. The molecule has 1 aliphatic rings. The first kappa shape index (κ1) is 23.9. The Bertz CT molecular complexity index is 1350. The number of carbonyl (C=O) groups is 1. The van der Waals surface area contributed by atoms with E-state index in [1.807, 2.05) is 0 Å². The van der Waals surface area contributed by atoms with Gasteiger partial charge in [0.05, 0.1) is 23.7 Å². The molecule has 1 aliphatic heterocycles. The lowest BCUT2D eigenvalue weighted by atomic mass is 9.97. The number of aromatic nitrogens is 3. The Morgan fingerprint density at radius 1 is 1.29 bits per heavy atom. The van der Waals surface area contributed by atoms with Crippen LogP contribution < -0.4 is 15.4 Å². The van der Waals surface area contributed by atoms with E-state index in [0.717, 1.165) is 6.42 Å². The number of hydrogen-bond acceptors (Lipinski definition) is 7. The summed E-state index contributed by atoms with van der Waals surface area (Å²) in [6.07, 6.45) is 4.26. The van der Waals surface area contributed by atoms with Crippen molar-refractivity contribution in [2.45, 2.75) is 43.3 Å². The quantitative estimate of drug-likeness (QED) is 0.512. The van der Waals surface area contributed by atoms with Gasteiger partial charge in [-0.25, -0.2) is 18.4 Å². The highest BCUT2D eigenvalue weighted by Crippen LogP contribution is 2.34. The van der Waals surface area contributed by atoms with Crippen LogP contribution in [0, 0.1) is 11.9 Å². The number of carbonyl (C=O) groups excluding carboxylic acids is 1. The fraction of sp³-hybridized carbons (Fsp3) is 0.435. The molecule has 1 fully saturated rings. The summed E-state index contributed by atoms with van der Waals surface area (Å²) >= 11 is 0. The highest BCUT2D eigenvalue weighted by Gasteiger charge is 2.34. The summed E-state index contributed by atoms with van der Waals surface area (Å²) in [5.74, 6) is -0.0254. The third kappa shape index (κ3) is 4.56. The van der Waals surface area contributed by atoms with E-state index in [4.69, 9.17) is 4.74 Å². The molecule has 1 unspecified atom stereocenters. The van der Waals surface area contributed by atoms with Crippen molar-refractivity contribution in [3.63, 3.8) is 0 Å². The lowest BCUT2D eigenvalue weighted by Gasteiger charge is -2.22. The number of anilines is 1. The number of imidazole rings is 1. The Kier molecular flexibility index (Phi) is 6.24. The van der Waals surface area contributed by atoms with Gasteiger partial charge in [-0.05, 0) is 39.2 Å². The second kappa shape index (κ2) is 8.86. The van der Waals surface area contributed by atoms with Crippen LogP contribution in [0.25, 0.3) is 16.9 Å². The van der Waals surface area contributed by atoms with Gasteiger partial charge in [0.1, 0.15) is 22.1 Å². The second-order valence-corrected chi connectivity index (χ2v) is 12.0. The van der Waals surface area contributed by atoms with Gasteiger partial charge >= 0.3 is 0 Å². The van der Waals surface area contributed by atoms with Crippen LogP contribution in [-0.2, 0) is 14.6 Å². The minimum atomic E-state index is -3.73. The molecule has 0 saturated carbocycles. The number of hydrogen-bond donors (Lipinski definition) is 2. The molecule has 0 aromatic carbocycles. The molecular weight excluding hydrogens is 461 g/mol. The largest absolute Gasteiger partial charge is 0.495 e. The van der Waals surface area contributed by atoms with Crippen molar-refractivity contribution in [1.82, 2.24) is 19.7 Å². The van der Waals surface area contributed by atoms with E-state index < -0.39 is 20.5 Å². The molecule has 34 heavy (non-hydrogen) atoms. The number of piperidine rings is 1. The van der Waals surface area contributed by atoms with E-state index in [2.05, 4.69) is 20.6 Å². The van der Waals surface area contributed by atoms with Crippen LogP contribution in [-0.4, -0.2) is 53.6 Å². The third-order valence-corrected chi connectivity index (χ3v) is 8.40. The molecule has 9 nitrogen and oxygen atoms in total. The zero-order valence-electron chi connectivity index (χ0n) is 19.6. The summed E-state index contributed by atoms with van der Waals surface area (Å²) in [7, 11) is -2.33. The summed E-state index contributed by atoms with van der Waals surface area (Å²) in [5, 5.41) is 5.92. The standard InChI is InChI=1S/C23H28FN5O4S/c1-23(2,3)34(31,32)18-13-29-16(12-27-21(29)10-17(18)33-4)15-8-19(24)28-20(9-15)26-11-14-5-6-25-22(30)7-14/h8-10,12-14H,5-7,11H2,1-4H3,(H,25,30)(H,26,28). The van der Waals surface area contributed by atoms with Gasteiger partial charge < -0.3 is 15.4 Å². The number of nitrogens with one attached hydrogen (secondary N) is 2. The van der Waals surface area contributed by atoms with Crippen LogP contribution in [0.5, 0.6) is 5.75 Å². The van der Waals surface area contributed by atoms with Crippen LogP contribution in [0.1, 0.15) is 33.6 Å². The van der Waals surface area contributed by atoms with Crippen LogP contribution >= 0.6 is 0 Å². The molecular formula is C23H28FN5O4S. The summed E-state index contributed by atoms with van der Waals surface area (Å²) in [5.41, 5.74) is 1.44. The molecule has 0 bridgehead atoms. The zero-order valence-corrected chi connectivity index (χ0v) is 20.4. The lowest BCUT2D eigenvalue weighted by molar-refractivity contribution is -0.123. The van der Waals surface area contributed by atoms with Crippen LogP contribution in [0.15, 0.2) is 35.5 Å². The van der Waals surface area contributed by atoms with Gasteiger partial charge in [-0.3, -0.25) is 9.20 Å². The lowest BCUT2D eigenvalue weighted by Crippen LogP contribution is -2.36. The molecule has 2 N–H and O–H groups in total. The highest BCUT2D eigenvalue weighted by atomic mass is 32.2. The molecule has 182 valence electrons. The SMILES string of the molecule is COc1cc2ncc(-c3cc(F)nc(NCC4CCNC(=O)C4)c3)n2cc1S(=O)(=O)C(C)(C)C. The van der Waals surface area contributed by atoms with Crippen LogP contribution in [0.4, 0.5) is 10.2 Å². The molecule has 0 spiro atoms.